The van der Waals surface area contributed by atoms with Gasteiger partial charge in [-0.25, -0.2) is 0 Å². The Morgan fingerprint density at radius 2 is 1.75 bits per heavy atom. The molecule has 0 spiro atoms. The molecule has 20 heavy (non-hydrogen) atoms. The van der Waals surface area contributed by atoms with Crippen molar-refractivity contribution in [1.29, 1.82) is 0 Å². The highest BCUT2D eigenvalue weighted by atomic mass is 35.5. The molecule has 0 N–H and O–H groups in total. The van der Waals surface area contributed by atoms with Gasteiger partial charge in [0.1, 0.15) is 11.5 Å². The van der Waals surface area contributed by atoms with Crippen LogP contribution < -0.4 is 4.74 Å². The number of halogens is 2. The number of ether oxygens (including phenoxy) is 1. The molecule has 0 aromatic heterocycles. The Morgan fingerprint density at radius 1 is 1.05 bits per heavy atom. The highest BCUT2D eigenvalue weighted by Gasteiger charge is 2.15. The predicted octanol–water partition coefficient (Wildman–Crippen LogP) is 6.17. The minimum Gasteiger partial charge on any atom is -0.457 e. The molecule has 0 unspecified atom stereocenters. The molecule has 0 radical (unpaired) electrons. The third kappa shape index (κ3) is 3.47. The molecule has 0 bridgehead atoms. The number of rotatable bonds is 3. The maximum absolute atomic E-state index is 6.14. The molecule has 0 amide bonds. The van der Waals surface area contributed by atoms with Gasteiger partial charge in [-0.15, -0.1) is 11.6 Å². The molecule has 3 heteroatoms. The van der Waals surface area contributed by atoms with Crippen molar-refractivity contribution in [3.05, 3.63) is 58.6 Å². The van der Waals surface area contributed by atoms with E-state index in [9.17, 15) is 0 Å². The van der Waals surface area contributed by atoms with Crippen molar-refractivity contribution >= 4 is 23.2 Å². The largest absolute Gasteiger partial charge is 0.457 e. The summed E-state index contributed by atoms with van der Waals surface area (Å²) < 4.78 is 5.95. The second-order valence-electron chi connectivity index (χ2n) is 5.73. The molecule has 0 saturated heterocycles. The summed E-state index contributed by atoms with van der Waals surface area (Å²) in [6.45, 7) is 6.53. The fourth-order valence-corrected chi connectivity index (χ4v) is 2.49. The maximum Gasteiger partial charge on any atom is 0.133 e. The molecule has 0 aliphatic carbocycles. The van der Waals surface area contributed by atoms with E-state index in [-0.39, 0.29) is 5.41 Å². The average molecular weight is 309 g/mol. The SMILES string of the molecule is CC(C)(C)c1cccc(Oc2cccc(Cl)c2CCl)c1. The summed E-state index contributed by atoms with van der Waals surface area (Å²) in [4.78, 5) is 0. The molecule has 2 aromatic carbocycles. The molecule has 2 rings (SSSR count). The molecule has 0 aliphatic rings. The summed E-state index contributed by atoms with van der Waals surface area (Å²) in [7, 11) is 0. The smallest absolute Gasteiger partial charge is 0.133 e. The van der Waals surface area contributed by atoms with Gasteiger partial charge in [0.25, 0.3) is 0 Å². The number of hydrogen-bond acceptors (Lipinski definition) is 1. The summed E-state index contributed by atoms with van der Waals surface area (Å²) in [6, 6.07) is 13.7. The van der Waals surface area contributed by atoms with Gasteiger partial charge in [-0.2, -0.15) is 0 Å². The molecule has 0 atom stereocenters. The van der Waals surface area contributed by atoms with Crippen LogP contribution in [0.15, 0.2) is 42.5 Å². The molecule has 0 aliphatic heterocycles. The first kappa shape index (κ1) is 15.2. The van der Waals surface area contributed by atoms with Crippen molar-refractivity contribution in [2.45, 2.75) is 32.1 Å². The summed E-state index contributed by atoms with van der Waals surface area (Å²) in [6.07, 6.45) is 0. The highest BCUT2D eigenvalue weighted by molar-refractivity contribution is 6.32. The predicted molar refractivity (Wildman–Crippen MR) is 86.2 cm³/mol. The molecule has 2 aromatic rings. The Kier molecular flexibility index (Phi) is 4.62. The van der Waals surface area contributed by atoms with Crippen LogP contribution in [0.4, 0.5) is 0 Å². The van der Waals surface area contributed by atoms with E-state index < -0.39 is 0 Å². The minimum absolute atomic E-state index is 0.0863. The zero-order valence-corrected chi connectivity index (χ0v) is 13.4. The third-order valence-electron chi connectivity index (χ3n) is 3.14. The van der Waals surface area contributed by atoms with Crippen LogP contribution in [0.3, 0.4) is 0 Å². The standard InChI is InChI=1S/C17H18Cl2O/c1-17(2,3)12-6-4-7-13(10-12)20-16-9-5-8-15(19)14(16)11-18/h4-10H,11H2,1-3H3. The molecule has 0 saturated carbocycles. The second-order valence-corrected chi connectivity index (χ2v) is 6.40. The van der Waals surface area contributed by atoms with Crippen molar-refractivity contribution in [3.63, 3.8) is 0 Å². The molecule has 106 valence electrons. The van der Waals surface area contributed by atoms with Gasteiger partial charge in [0.15, 0.2) is 0 Å². The first-order chi connectivity index (χ1) is 9.41. The van der Waals surface area contributed by atoms with Gasteiger partial charge in [-0.1, -0.05) is 50.6 Å². The lowest BCUT2D eigenvalue weighted by Gasteiger charge is -2.20. The van der Waals surface area contributed by atoms with E-state index in [1.165, 1.54) is 5.56 Å². The molecular weight excluding hydrogens is 291 g/mol. The van der Waals surface area contributed by atoms with E-state index in [4.69, 9.17) is 27.9 Å². The number of benzene rings is 2. The number of hydrogen-bond donors (Lipinski definition) is 0. The Labute approximate surface area is 130 Å². The first-order valence-electron chi connectivity index (χ1n) is 6.53. The second kappa shape index (κ2) is 6.07. The van der Waals surface area contributed by atoms with Crippen LogP contribution >= 0.6 is 23.2 Å². The summed E-state index contributed by atoms with van der Waals surface area (Å²) in [5, 5.41) is 0.629. The van der Waals surface area contributed by atoms with Crippen LogP contribution in [0.25, 0.3) is 0 Å². The minimum atomic E-state index is 0.0863. The van der Waals surface area contributed by atoms with Crippen LogP contribution in [0.2, 0.25) is 5.02 Å². The van der Waals surface area contributed by atoms with Crippen LogP contribution in [0.1, 0.15) is 31.9 Å². The quantitative estimate of drug-likeness (QED) is 0.616. The lowest BCUT2D eigenvalue weighted by atomic mass is 9.87. The van der Waals surface area contributed by atoms with Crippen molar-refractivity contribution in [2.75, 3.05) is 0 Å². The van der Waals surface area contributed by atoms with Crippen LogP contribution in [0.5, 0.6) is 11.5 Å². The Morgan fingerprint density at radius 3 is 2.40 bits per heavy atom. The number of alkyl halides is 1. The topological polar surface area (TPSA) is 9.23 Å². The zero-order chi connectivity index (χ0) is 14.8. The fourth-order valence-electron chi connectivity index (χ4n) is 1.92. The van der Waals surface area contributed by atoms with E-state index >= 15 is 0 Å². The summed E-state index contributed by atoms with van der Waals surface area (Å²) in [5.41, 5.74) is 2.13. The molecule has 1 nitrogen and oxygen atoms in total. The maximum atomic E-state index is 6.14. The van der Waals surface area contributed by atoms with Gasteiger partial charge in [0.05, 0.1) is 5.88 Å². The lowest BCUT2D eigenvalue weighted by molar-refractivity contribution is 0.474. The van der Waals surface area contributed by atoms with Gasteiger partial charge in [-0.3, -0.25) is 0 Å². The fraction of sp³-hybridized carbons (Fsp3) is 0.294. The van der Waals surface area contributed by atoms with E-state index in [1.54, 1.807) is 0 Å². The van der Waals surface area contributed by atoms with Crippen LogP contribution in [-0.4, -0.2) is 0 Å². The monoisotopic (exact) mass is 308 g/mol. The van der Waals surface area contributed by atoms with Crippen molar-refractivity contribution in [3.8, 4) is 11.5 Å². The van der Waals surface area contributed by atoms with Crippen LogP contribution in [0, 0.1) is 0 Å². The van der Waals surface area contributed by atoms with E-state index in [0.29, 0.717) is 16.7 Å². The van der Waals surface area contributed by atoms with Gasteiger partial charge >= 0.3 is 0 Å². The lowest BCUT2D eigenvalue weighted by Crippen LogP contribution is -2.10. The van der Waals surface area contributed by atoms with Gasteiger partial charge < -0.3 is 4.74 Å². The van der Waals surface area contributed by atoms with E-state index in [2.05, 4.69) is 32.9 Å². The van der Waals surface area contributed by atoms with Gasteiger partial charge in [0.2, 0.25) is 0 Å². The molecular formula is C17H18Cl2O. The average Bonchev–Trinajstić information content (AvgIpc) is 2.38. The van der Waals surface area contributed by atoms with Gasteiger partial charge in [-0.05, 0) is 35.2 Å². The highest BCUT2D eigenvalue weighted by Crippen LogP contribution is 2.33. The van der Waals surface area contributed by atoms with Crippen molar-refractivity contribution in [2.24, 2.45) is 0 Å². The zero-order valence-electron chi connectivity index (χ0n) is 11.9. The van der Waals surface area contributed by atoms with Crippen molar-refractivity contribution in [1.82, 2.24) is 0 Å². The molecule has 0 fully saturated rings. The van der Waals surface area contributed by atoms with Gasteiger partial charge in [0, 0.05) is 10.6 Å². The van der Waals surface area contributed by atoms with E-state index in [1.807, 2.05) is 30.3 Å². The summed E-state index contributed by atoms with van der Waals surface area (Å²) in [5.74, 6) is 1.83. The normalized spacial score (nSPS) is 11.4. The van der Waals surface area contributed by atoms with Crippen molar-refractivity contribution < 1.29 is 4.74 Å². The molecule has 0 heterocycles. The van der Waals surface area contributed by atoms with E-state index in [0.717, 1.165) is 11.3 Å². The Hall–Kier alpha value is -1.18. The summed E-state index contributed by atoms with van der Waals surface area (Å²) >= 11 is 12.1. The third-order valence-corrected chi connectivity index (χ3v) is 3.76. The Bertz CT molecular complexity index is 600. The van der Waals surface area contributed by atoms with Crippen LogP contribution in [-0.2, 0) is 11.3 Å². The first-order valence-corrected chi connectivity index (χ1v) is 7.45. The Balaban J connectivity index is 2.34.